The van der Waals surface area contributed by atoms with E-state index in [1.807, 2.05) is 0 Å². The Kier molecular flexibility index (Phi) is 4.84. The van der Waals surface area contributed by atoms with Crippen LogP contribution in [0.2, 0.25) is 0 Å². The molecule has 1 aliphatic heterocycles. The zero-order chi connectivity index (χ0) is 20.6. The Morgan fingerprint density at radius 1 is 1.18 bits per heavy atom. The van der Waals surface area contributed by atoms with Gasteiger partial charge in [0.05, 0.1) is 0 Å². The topological polar surface area (TPSA) is 107 Å². The van der Waals surface area contributed by atoms with Crippen molar-refractivity contribution in [1.82, 2.24) is 15.0 Å². The third-order valence-corrected chi connectivity index (χ3v) is 3.65. The minimum absolute atomic E-state index is 0.0160. The van der Waals surface area contributed by atoms with Crippen molar-refractivity contribution < 1.29 is 27.8 Å². The first-order valence-corrected chi connectivity index (χ1v) is 8.19. The van der Waals surface area contributed by atoms with Crippen LogP contribution in [0.3, 0.4) is 0 Å². The van der Waals surface area contributed by atoms with E-state index in [0.717, 1.165) is 17.9 Å². The number of fused-ring (bicyclic) bond motifs is 1. The Morgan fingerprint density at radius 2 is 1.89 bits per heavy atom. The predicted octanol–water partition coefficient (Wildman–Crippen LogP) is 2.59. The summed E-state index contributed by atoms with van der Waals surface area (Å²) in [4.78, 5) is 36.4. The molecule has 3 rings (SSSR count). The summed E-state index contributed by atoms with van der Waals surface area (Å²) in [7, 11) is 0. The summed E-state index contributed by atoms with van der Waals surface area (Å²) in [5, 5.41) is 2.31. The van der Waals surface area contributed by atoms with E-state index in [4.69, 9.17) is 9.47 Å². The molecule has 1 N–H and O–H groups in total. The SMILES string of the molecule is CC(=O)Nc1nc(N(C(C)=O)c2c(F)ccc3c2OCO3)nc(C(C)(C)F)n1. The molecule has 0 bridgehead atoms. The second-order valence-electron chi connectivity index (χ2n) is 6.42. The first kappa shape index (κ1) is 19.4. The van der Waals surface area contributed by atoms with Crippen molar-refractivity contribution >= 4 is 29.4 Å². The first-order chi connectivity index (χ1) is 13.1. The number of aromatic nitrogens is 3. The van der Waals surface area contributed by atoms with E-state index in [9.17, 15) is 18.4 Å². The minimum atomic E-state index is -2.02. The van der Waals surface area contributed by atoms with Crippen LogP contribution in [0.5, 0.6) is 11.5 Å². The number of nitrogens with zero attached hydrogens (tertiary/aromatic N) is 4. The lowest BCUT2D eigenvalue weighted by Crippen LogP contribution is -2.29. The van der Waals surface area contributed by atoms with Gasteiger partial charge in [-0.15, -0.1) is 0 Å². The van der Waals surface area contributed by atoms with Gasteiger partial charge in [0.2, 0.25) is 30.5 Å². The van der Waals surface area contributed by atoms with Crippen LogP contribution < -0.4 is 19.7 Å². The molecule has 1 aliphatic rings. The molecular formula is C17H17F2N5O4. The number of nitrogens with one attached hydrogen (secondary N) is 1. The first-order valence-electron chi connectivity index (χ1n) is 8.19. The van der Waals surface area contributed by atoms with Gasteiger partial charge in [0.1, 0.15) is 5.69 Å². The second-order valence-corrected chi connectivity index (χ2v) is 6.42. The van der Waals surface area contributed by atoms with Crippen LogP contribution in [0.25, 0.3) is 0 Å². The van der Waals surface area contributed by atoms with Crippen molar-refractivity contribution in [3.63, 3.8) is 0 Å². The standard InChI is InChI=1S/C17H17F2N5O4/c1-8(25)20-15-21-14(17(3,4)19)22-16(23-15)24(9(2)26)12-10(18)5-6-11-13(12)28-7-27-11/h5-6H,7H2,1-4H3,(H,20,21,22,23,25). The van der Waals surface area contributed by atoms with Crippen molar-refractivity contribution in [3.05, 3.63) is 23.8 Å². The Morgan fingerprint density at radius 3 is 2.50 bits per heavy atom. The Balaban J connectivity index is 2.23. The van der Waals surface area contributed by atoms with Crippen LogP contribution in [0.1, 0.15) is 33.5 Å². The number of anilines is 3. The van der Waals surface area contributed by atoms with E-state index in [1.54, 1.807) is 0 Å². The summed E-state index contributed by atoms with van der Waals surface area (Å²) in [5.74, 6) is -2.80. The number of hydrogen-bond donors (Lipinski definition) is 1. The van der Waals surface area contributed by atoms with E-state index in [1.165, 1.54) is 26.8 Å². The molecule has 148 valence electrons. The number of carbonyl (C=O) groups is 2. The number of hydrogen-bond acceptors (Lipinski definition) is 7. The summed E-state index contributed by atoms with van der Waals surface area (Å²) < 4.78 is 39.6. The maximum Gasteiger partial charge on any atom is 0.242 e. The molecule has 2 heterocycles. The summed E-state index contributed by atoms with van der Waals surface area (Å²) in [6.07, 6.45) is 0. The molecule has 0 radical (unpaired) electrons. The predicted molar refractivity (Wildman–Crippen MR) is 93.6 cm³/mol. The lowest BCUT2D eigenvalue weighted by atomic mass is 10.1. The third kappa shape index (κ3) is 3.68. The Hall–Kier alpha value is -3.37. The zero-order valence-electron chi connectivity index (χ0n) is 15.5. The average Bonchev–Trinajstić information content (AvgIpc) is 3.04. The molecule has 1 aromatic carbocycles. The van der Waals surface area contributed by atoms with E-state index in [-0.39, 0.29) is 41.7 Å². The van der Waals surface area contributed by atoms with Gasteiger partial charge in [-0.3, -0.25) is 14.9 Å². The minimum Gasteiger partial charge on any atom is -0.454 e. The highest BCUT2D eigenvalue weighted by atomic mass is 19.1. The van der Waals surface area contributed by atoms with Gasteiger partial charge in [0, 0.05) is 13.8 Å². The van der Waals surface area contributed by atoms with Gasteiger partial charge < -0.3 is 9.47 Å². The summed E-state index contributed by atoms with van der Waals surface area (Å²) in [5.41, 5.74) is -2.31. The fourth-order valence-electron chi connectivity index (χ4n) is 2.48. The van der Waals surface area contributed by atoms with Gasteiger partial charge in [0.25, 0.3) is 0 Å². The molecule has 0 spiro atoms. The van der Waals surface area contributed by atoms with E-state index in [0.29, 0.717) is 0 Å². The molecule has 0 saturated carbocycles. The van der Waals surface area contributed by atoms with Crippen molar-refractivity contribution in [1.29, 1.82) is 0 Å². The molecule has 2 aromatic rings. The van der Waals surface area contributed by atoms with Crippen molar-refractivity contribution in [3.8, 4) is 11.5 Å². The van der Waals surface area contributed by atoms with Crippen molar-refractivity contribution in [2.45, 2.75) is 33.4 Å². The Bertz CT molecular complexity index is 961. The molecule has 0 aliphatic carbocycles. The zero-order valence-corrected chi connectivity index (χ0v) is 15.5. The number of rotatable bonds is 4. The monoisotopic (exact) mass is 393 g/mol. The molecule has 0 atom stereocenters. The Labute approximate surface area is 158 Å². The van der Waals surface area contributed by atoms with E-state index >= 15 is 0 Å². The highest BCUT2D eigenvalue weighted by Gasteiger charge is 2.33. The van der Waals surface area contributed by atoms with Crippen LogP contribution in [0.15, 0.2) is 12.1 Å². The third-order valence-electron chi connectivity index (χ3n) is 3.65. The van der Waals surface area contributed by atoms with Crippen LogP contribution in [-0.2, 0) is 15.3 Å². The summed E-state index contributed by atoms with van der Waals surface area (Å²) in [6.45, 7) is 4.59. The highest BCUT2D eigenvalue weighted by Crippen LogP contribution is 2.44. The van der Waals surface area contributed by atoms with Gasteiger partial charge in [-0.2, -0.15) is 15.0 Å². The number of halogens is 2. The second kappa shape index (κ2) is 6.98. The van der Waals surface area contributed by atoms with Crippen LogP contribution in [-0.4, -0.2) is 33.6 Å². The number of amides is 2. The molecule has 9 nitrogen and oxygen atoms in total. The molecule has 28 heavy (non-hydrogen) atoms. The average molecular weight is 393 g/mol. The largest absolute Gasteiger partial charge is 0.454 e. The molecule has 0 unspecified atom stereocenters. The van der Waals surface area contributed by atoms with Gasteiger partial charge in [-0.05, 0) is 26.0 Å². The van der Waals surface area contributed by atoms with Crippen LogP contribution >= 0.6 is 0 Å². The maximum atomic E-state index is 14.6. The van der Waals surface area contributed by atoms with Crippen LogP contribution in [0, 0.1) is 5.82 Å². The lowest BCUT2D eigenvalue weighted by molar-refractivity contribution is -0.116. The molecule has 0 saturated heterocycles. The molecule has 2 amide bonds. The smallest absolute Gasteiger partial charge is 0.242 e. The van der Waals surface area contributed by atoms with Gasteiger partial charge in [-0.1, -0.05) is 0 Å². The molecule has 1 aromatic heterocycles. The quantitative estimate of drug-likeness (QED) is 0.851. The summed E-state index contributed by atoms with van der Waals surface area (Å²) in [6, 6.07) is 2.44. The lowest BCUT2D eigenvalue weighted by Gasteiger charge is -2.23. The van der Waals surface area contributed by atoms with Gasteiger partial charge in [0.15, 0.2) is 28.8 Å². The summed E-state index contributed by atoms with van der Waals surface area (Å²) >= 11 is 0. The highest BCUT2D eigenvalue weighted by molar-refractivity contribution is 5.99. The van der Waals surface area contributed by atoms with Gasteiger partial charge >= 0.3 is 0 Å². The number of carbonyl (C=O) groups excluding carboxylic acids is 2. The molecule has 0 fully saturated rings. The van der Waals surface area contributed by atoms with E-state index < -0.39 is 23.3 Å². The van der Waals surface area contributed by atoms with Gasteiger partial charge in [-0.25, -0.2) is 13.7 Å². The number of ether oxygens (including phenoxy) is 2. The fraction of sp³-hybridized carbons (Fsp3) is 0.353. The van der Waals surface area contributed by atoms with Crippen molar-refractivity contribution in [2.24, 2.45) is 0 Å². The molecule has 11 heteroatoms. The fourth-order valence-corrected chi connectivity index (χ4v) is 2.48. The van der Waals surface area contributed by atoms with E-state index in [2.05, 4.69) is 20.3 Å². The molecular weight excluding hydrogens is 376 g/mol. The number of alkyl halides is 1. The normalized spacial score (nSPS) is 12.6. The maximum absolute atomic E-state index is 14.6. The van der Waals surface area contributed by atoms with Crippen LogP contribution in [0.4, 0.5) is 26.4 Å². The van der Waals surface area contributed by atoms with Crippen molar-refractivity contribution in [2.75, 3.05) is 17.0 Å². The number of benzene rings is 1.